The van der Waals surface area contributed by atoms with E-state index in [0.717, 1.165) is 11.4 Å². The minimum Gasteiger partial charge on any atom is -0.383 e. The molecule has 3 heterocycles. The number of carbonyl (C=O) groups excluding carboxylic acids is 1. The third-order valence-corrected chi connectivity index (χ3v) is 6.29. The van der Waals surface area contributed by atoms with Crippen molar-refractivity contribution < 1.29 is 4.79 Å². The molecule has 0 saturated carbocycles. The number of H-pyrrole nitrogens is 1. The maximum Gasteiger partial charge on any atom is 0.330 e. The quantitative estimate of drug-likeness (QED) is 0.555. The van der Waals surface area contributed by atoms with Crippen LogP contribution in [0.5, 0.6) is 0 Å². The predicted molar refractivity (Wildman–Crippen MR) is 133 cm³/mol. The third kappa shape index (κ3) is 4.94. The fourth-order valence-corrected chi connectivity index (χ4v) is 4.40. The second-order valence-corrected chi connectivity index (χ2v) is 8.43. The van der Waals surface area contributed by atoms with Crippen LogP contribution in [0.2, 0.25) is 0 Å². The summed E-state index contributed by atoms with van der Waals surface area (Å²) in [4.78, 5) is 48.8. The van der Waals surface area contributed by atoms with Crippen LogP contribution in [0.15, 0.2) is 58.3 Å². The Balaban J connectivity index is 1.54. The van der Waals surface area contributed by atoms with Crippen LogP contribution in [-0.2, 0) is 11.3 Å². The second kappa shape index (κ2) is 10.3. The first-order valence-corrected chi connectivity index (χ1v) is 11.5. The van der Waals surface area contributed by atoms with Crippen LogP contribution in [0.25, 0.3) is 0 Å². The molecule has 0 bridgehead atoms. The van der Waals surface area contributed by atoms with Gasteiger partial charge in [0.1, 0.15) is 17.7 Å². The number of benzene rings is 1. The van der Waals surface area contributed by atoms with Crippen molar-refractivity contribution in [1.29, 1.82) is 5.26 Å². The number of aromatic nitrogens is 3. The topological polar surface area (TPSA) is 141 Å². The summed E-state index contributed by atoms with van der Waals surface area (Å²) in [6.45, 7) is 3.43. The summed E-state index contributed by atoms with van der Waals surface area (Å²) < 4.78 is 1.28. The number of nitriles is 1. The lowest BCUT2D eigenvalue weighted by atomic mass is 9.95. The number of pyridine rings is 1. The Morgan fingerprint density at radius 3 is 2.51 bits per heavy atom. The van der Waals surface area contributed by atoms with Crippen LogP contribution in [-0.4, -0.2) is 40.1 Å². The maximum absolute atomic E-state index is 13.5. The highest BCUT2D eigenvalue weighted by atomic mass is 16.2. The van der Waals surface area contributed by atoms with E-state index in [0.29, 0.717) is 31.5 Å². The van der Waals surface area contributed by atoms with E-state index in [4.69, 9.17) is 11.0 Å². The number of nitrogens with two attached hydrogens (primary N) is 1. The number of hydrogen-bond donors (Lipinski definition) is 2. The van der Waals surface area contributed by atoms with E-state index in [1.807, 2.05) is 30.3 Å². The highest BCUT2D eigenvalue weighted by Gasteiger charge is 2.32. The van der Waals surface area contributed by atoms with Gasteiger partial charge in [0.25, 0.3) is 5.56 Å². The number of nitrogens with one attached hydrogen (secondary N) is 1. The molecule has 0 aliphatic carbocycles. The van der Waals surface area contributed by atoms with Crippen LogP contribution in [0.4, 0.5) is 17.3 Å². The Morgan fingerprint density at radius 2 is 1.91 bits per heavy atom. The second-order valence-electron chi connectivity index (χ2n) is 8.43. The van der Waals surface area contributed by atoms with Gasteiger partial charge in [-0.1, -0.05) is 30.3 Å². The predicted octanol–water partition coefficient (Wildman–Crippen LogP) is 1.70. The molecule has 1 saturated heterocycles. The first kappa shape index (κ1) is 23.8. The molecule has 1 fully saturated rings. The van der Waals surface area contributed by atoms with Crippen molar-refractivity contribution in [3.8, 4) is 6.07 Å². The molecule has 1 aromatic carbocycles. The molecule has 2 aromatic heterocycles. The van der Waals surface area contributed by atoms with Crippen LogP contribution in [0.3, 0.4) is 0 Å². The SMILES string of the molecule is CCN(C(=O)C1CCN(c2ccc(C#N)cn2)CC1)c1c(N)n(Cc2ccccc2)c(=O)[nH]c1=O. The van der Waals surface area contributed by atoms with Crippen LogP contribution in [0, 0.1) is 17.2 Å². The molecule has 0 radical (unpaired) electrons. The molecule has 0 unspecified atom stereocenters. The zero-order valence-corrected chi connectivity index (χ0v) is 19.5. The van der Waals surface area contributed by atoms with Crippen LogP contribution in [0.1, 0.15) is 30.9 Å². The van der Waals surface area contributed by atoms with Gasteiger partial charge in [-0.25, -0.2) is 9.78 Å². The monoisotopic (exact) mass is 473 g/mol. The summed E-state index contributed by atoms with van der Waals surface area (Å²) in [6, 6.07) is 14.9. The van der Waals surface area contributed by atoms with E-state index >= 15 is 0 Å². The zero-order chi connectivity index (χ0) is 24.9. The molecule has 10 nitrogen and oxygen atoms in total. The molecule has 10 heteroatoms. The molecular formula is C25H27N7O3. The van der Waals surface area contributed by atoms with Gasteiger partial charge in [-0.15, -0.1) is 0 Å². The number of amides is 1. The van der Waals surface area contributed by atoms with Crippen molar-refractivity contribution >= 4 is 23.2 Å². The van der Waals surface area contributed by atoms with Gasteiger partial charge in [0.15, 0.2) is 5.69 Å². The minimum atomic E-state index is -0.675. The van der Waals surface area contributed by atoms with E-state index in [1.54, 1.807) is 19.1 Å². The van der Waals surface area contributed by atoms with Crippen molar-refractivity contribution in [3.05, 3.63) is 80.6 Å². The van der Waals surface area contributed by atoms with E-state index in [1.165, 1.54) is 15.7 Å². The summed E-state index contributed by atoms with van der Waals surface area (Å²) in [5, 5.41) is 8.95. The Morgan fingerprint density at radius 1 is 1.20 bits per heavy atom. The molecule has 35 heavy (non-hydrogen) atoms. The molecule has 3 aromatic rings. The molecule has 1 aliphatic heterocycles. The van der Waals surface area contributed by atoms with Crippen molar-refractivity contribution in [2.75, 3.05) is 35.2 Å². The Hall–Kier alpha value is -4.39. The van der Waals surface area contributed by atoms with Crippen molar-refractivity contribution in [3.63, 3.8) is 0 Å². The largest absolute Gasteiger partial charge is 0.383 e. The van der Waals surface area contributed by atoms with Gasteiger partial charge in [-0.05, 0) is 37.5 Å². The number of rotatable bonds is 6. The molecular weight excluding hydrogens is 446 g/mol. The fraction of sp³-hybridized carbons (Fsp3) is 0.320. The lowest BCUT2D eigenvalue weighted by molar-refractivity contribution is -0.122. The van der Waals surface area contributed by atoms with E-state index in [9.17, 15) is 14.4 Å². The smallest absolute Gasteiger partial charge is 0.330 e. The number of hydrogen-bond acceptors (Lipinski definition) is 7. The first-order chi connectivity index (χ1) is 16.9. The Labute approximate surface area is 202 Å². The maximum atomic E-state index is 13.5. The van der Waals surface area contributed by atoms with Gasteiger partial charge < -0.3 is 15.5 Å². The molecule has 180 valence electrons. The molecule has 0 atom stereocenters. The van der Waals surface area contributed by atoms with Crippen LogP contribution < -0.4 is 26.8 Å². The number of anilines is 3. The molecule has 1 aliphatic rings. The number of piperidine rings is 1. The van der Waals surface area contributed by atoms with Gasteiger partial charge in [-0.2, -0.15) is 5.26 Å². The van der Waals surface area contributed by atoms with Gasteiger partial charge >= 0.3 is 5.69 Å². The first-order valence-electron chi connectivity index (χ1n) is 11.5. The van der Waals surface area contributed by atoms with Gasteiger partial charge in [-0.3, -0.25) is 19.1 Å². The van der Waals surface area contributed by atoms with E-state index in [2.05, 4.69) is 20.9 Å². The molecule has 3 N–H and O–H groups in total. The van der Waals surface area contributed by atoms with E-state index in [-0.39, 0.29) is 36.4 Å². The van der Waals surface area contributed by atoms with Gasteiger partial charge in [0, 0.05) is 31.7 Å². The average Bonchev–Trinajstić information content (AvgIpc) is 2.89. The fourth-order valence-electron chi connectivity index (χ4n) is 4.40. The molecule has 0 spiro atoms. The summed E-state index contributed by atoms with van der Waals surface area (Å²) >= 11 is 0. The zero-order valence-electron chi connectivity index (χ0n) is 19.5. The number of carbonyl (C=O) groups is 1. The lowest BCUT2D eigenvalue weighted by Crippen LogP contribution is -2.46. The number of nitrogen functional groups attached to an aromatic ring is 1. The van der Waals surface area contributed by atoms with Crippen LogP contribution >= 0.6 is 0 Å². The van der Waals surface area contributed by atoms with Crippen molar-refractivity contribution in [2.24, 2.45) is 5.92 Å². The summed E-state index contributed by atoms with van der Waals surface area (Å²) in [5.41, 5.74) is 6.36. The lowest BCUT2D eigenvalue weighted by Gasteiger charge is -2.34. The number of aromatic amines is 1. The highest BCUT2D eigenvalue weighted by Crippen LogP contribution is 2.26. The third-order valence-electron chi connectivity index (χ3n) is 6.29. The Bertz CT molecular complexity index is 1350. The van der Waals surface area contributed by atoms with Gasteiger partial charge in [0.2, 0.25) is 5.91 Å². The summed E-state index contributed by atoms with van der Waals surface area (Å²) in [6.07, 6.45) is 2.70. The molecule has 4 rings (SSSR count). The molecule has 1 amide bonds. The van der Waals surface area contributed by atoms with Gasteiger partial charge in [0.05, 0.1) is 12.1 Å². The average molecular weight is 474 g/mol. The van der Waals surface area contributed by atoms with E-state index < -0.39 is 11.2 Å². The minimum absolute atomic E-state index is 0.00391. The van der Waals surface area contributed by atoms with Crippen molar-refractivity contribution in [1.82, 2.24) is 14.5 Å². The van der Waals surface area contributed by atoms with Crippen molar-refractivity contribution in [2.45, 2.75) is 26.3 Å². The normalized spacial score (nSPS) is 13.9. The highest BCUT2D eigenvalue weighted by molar-refractivity contribution is 5.97. The number of nitrogens with zero attached hydrogens (tertiary/aromatic N) is 5. The standard InChI is InChI=1S/C25H27N7O3/c1-2-31(21-22(27)32(25(35)29-23(21)33)16-17-6-4-3-5-7-17)24(34)19-10-12-30(13-11-19)20-9-8-18(14-26)15-28-20/h3-9,15,19H,2,10-13,16,27H2,1H3,(H,29,33,35). The Kier molecular flexibility index (Phi) is 6.96. The summed E-state index contributed by atoms with van der Waals surface area (Å²) in [5.74, 6) is 0.243. The summed E-state index contributed by atoms with van der Waals surface area (Å²) in [7, 11) is 0.